The van der Waals surface area contributed by atoms with Gasteiger partial charge in [-0.2, -0.15) is 10.2 Å². The lowest BCUT2D eigenvalue weighted by atomic mass is 10.2. The van der Waals surface area contributed by atoms with Gasteiger partial charge < -0.3 is 25.5 Å². The van der Waals surface area contributed by atoms with Crippen molar-refractivity contribution in [2.75, 3.05) is 26.2 Å². The Morgan fingerprint density at radius 3 is 2.29 bits per heavy atom. The maximum absolute atomic E-state index is 8.96. The monoisotopic (exact) mass is 427 g/mol. The molecular weight excluding hydrogens is 398 g/mol. The van der Waals surface area contributed by atoms with Crippen molar-refractivity contribution in [3.8, 4) is 0 Å². The number of nitrogens with one attached hydrogen (secondary N) is 5. The third kappa shape index (κ3) is 8.30. The van der Waals surface area contributed by atoms with E-state index in [1.54, 1.807) is 6.92 Å². The van der Waals surface area contributed by atoms with Gasteiger partial charge in [-0.3, -0.25) is 10.9 Å². The number of rotatable bonds is 10. The molecule has 11 heteroatoms. The zero-order chi connectivity index (χ0) is 20.9. The fraction of sp³-hybridized carbons (Fsp3) is 0.529. The van der Waals surface area contributed by atoms with Crippen LogP contribution in [0.5, 0.6) is 0 Å². The average Bonchev–Trinajstić information content (AvgIpc) is 3.15. The minimum absolute atomic E-state index is 0.0551. The van der Waals surface area contributed by atoms with E-state index in [4.69, 9.17) is 34.0 Å². The maximum Gasteiger partial charge on any atom is 0.186 e. The van der Waals surface area contributed by atoms with Crippen molar-refractivity contribution in [3.05, 3.63) is 23.7 Å². The summed E-state index contributed by atoms with van der Waals surface area (Å²) in [5.41, 5.74) is 6.60. The van der Waals surface area contributed by atoms with Crippen LogP contribution in [0.25, 0.3) is 0 Å². The molecule has 0 saturated carbocycles. The van der Waals surface area contributed by atoms with E-state index in [9.17, 15) is 0 Å². The fourth-order valence-corrected chi connectivity index (χ4v) is 2.48. The summed E-state index contributed by atoms with van der Waals surface area (Å²) < 4.78 is 5.94. The highest BCUT2D eigenvalue weighted by Crippen LogP contribution is 2.17. The van der Waals surface area contributed by atoms with E-state index in [0.29, 0.717) is 52.8 Å². The van der Waals surface area contributed by atoms with Gasteiger partial charge in [0.2, 0.25) is 0 Å². The first kappa shape index (κ1) is 24.0. The second kappa shape index (κ2) is 13.2. The lowest BCUT2D eigenvalue weighted by molar-refractivity contribution is 0.281. The average molecular weight is 428 g/mol. The fourth-order valence-electron chi connectivity index (χ4n) is 2.10. The van der Waals surface area contributed by atoms with Gasteiger partial charge in [-0.15, -0.1) is 0 Å². The number of hydrogen-bond acceptors (Lipinski definition) is 7. The Morgan fingerprint density at radius 1 is 1.11 bits per heavy atom. The number of nitrogens with zero attached hydrogens (tertiary/aromatic N) is 2. The van der Waals surface area contributed by atoms with Crippen LogP contribution in [0.2, 0.25) is 0 Å². The normalized spacial score (nSPS) is 13.0. The van der Waals surface area contributed by atoms with Gasteiger partial charge >= 0.3 is 0 Å². The molecule has 0 bridgehead atoms. The maximum atomic E-state index is 8.96. The van der Waals surface area contributed by atoms with Gasteiger partial charge in [-0.25, -0.2) is 0 Å². The van der Waals surface area contributed by atoms with E-state index in [-0.39, 0.29) is 12.6 Å². The Kier molecular flexibility index (Phi) is 11.3. The Bertz CT molecular complexity index is 703. The summed E-state index contributed by atoms with van der Waals surface area (Å²) in [4.78, 5) is 0. The van der Waals surface area contributed by atoms with Crippen LogP contribution in [-0.4, -0.2) is 53.0 Å². The first-order chi connectivity index (χ1) is 13.4. The van der Waals surface area contributed by atoms with Gasteiger partial charge in [0.05, 0.1) is 18.4 Å². The van der Waals surface area contributed by atoms with Crippen molar-refractivity contribution in [3.63, 3.8) is 0 Å². The van der Waals surface area contributed by atoms with E-state index in [1.807, 2.05) is 32.9 Å². The molecule has 1 heterocycles. The van der Waals surface area contributed by atoms with Crippen LogP contribution in [0.15, 0.2) is 26.8 Å². The van der Waals surface area contributed by atoms with Crippen molar-refractivity contribution in [1.82, 2.24) is 26.8 Å². The molecule has 9 nitrogen and oxygen atoms in total. The minimum Gasteiger partial charge on any atom is -0.458 e. The smallest absolute Gasteiger partial charge is 0.186 e. The molecule has 28 heavy (non-hydrogen) atoms. The van der Waals surface area contributed by atoms with Crippen molar-refractivity contribution in [2.24, 2.45) is 10.2 Å². The molecule has 0 spiro atoms. The molecule has 0 aliphatic carbocycles. The largest absolute Gasteiger partial charge is 0.458 e. The molecule has 0 saturated heterocycles. The summed E-state index contributed by atoms with van der Waals surface area (Å²) in [5, 5.41) is 27.5. The lowest BCUT2D eigenvalue weighted by Gasteiger charge is -2.11. The van der Waals surface area contributed by atoms with Crippen LogP contribution in [0, 0.1) is 0 Å². The summed E-state index contributed by atoms with van der Waals surface area (Å²) in [6.07, 6.45) is 0. The van der Waals surface area contributed by atoms with Crippen LogP contribution < -0.4 is 26.8 Å². The second-order valence-electron chi connectivity index (χ2n) is 5.70. The number of aliphatic hydroxyl groups is 1. The van der Waals surface area contributed by atoms with Gasteiger partial charge in [0.1, 0.15) is 11.5 Å². The van der Waals surface area contributed by atoms with Gasteiger partial charge in [0, 0.05) is 19.6 Å². The molecule has 0 amide bonds. The van der Waals surface area contributed by atoms with E-state index in [1.165, 1.54) is 0 Å². The number of hydrogen-bond donors (Lipinski definition) is 6. The van der Waals surface area contributed by atoms with E-state index in [0.717, 1.165) is 0 Å². The molecule has 0 fully saturated rings. The Labute approximate surface area is 176 Å². The minimum atomic E-state index is -0.0605. The Hall–Kier alpha value is -2.08. The Balaban J connectivity index is 3.05. The summed E-state index contributed by atoms with van der Waals surface area (Å²) in [5.74, 6) is 1.24. The van der Waals surface area contributed by atoms with Gasteiger partial charge in [-0.05, 0) is 64.3 Å². The molecular formula is C17H29N7O2S2. The molecule has 0 radical (unpaired) electrons. The number of furan rings is 1. The standard InChI is InChI=1S/C17H29N7O2S2/c1-5-18-16(27)23-21-12(4)15(22-24-17(28)19-6-2)14-8-7-13(26-14)11(3)20-9-10-25/h7-8,11,20,25H,5-6,9-10H2,1-4H3,(H2,18,23,27)(H2,19,24,28)/b21-12+,22-15-. The van der Waals surface area contributed by atoms with Crippen LogP contribution in [0.1, 0.15) is 45.3 Å². The highest BCUT2D eigenvalue weighted by molar-refractivity contribution is 7.80. The molecule has 0 aliphatic heterocycles. The molecule has 1 unspecified atom stereocenters. The zero-order valence-corrected chi connectivity index (χ0v) is 18.3. The third-order valence-electron chi connectivity index (χ3n) is 3.46. The second-order valence-corrected chi connectivity index (χ2v) is 6.52. The number of thiocarbonyl (C=S) groups is 2. The molecule has 1 aromatic rings. The molecule has 0 aromatic carbocycles. The van der Waals surface area contributed by atoms with Crippen LogP contribution in [0.4, 0.5) is 0 Å². The molecule has 0 aliphatic rings. The van der Waals surface area contributed by atoms with E-state index in [2.05, 4.69) is 37.0 Å². The van der Waals surface area contributed by atoms with Crippen LogP contribution in [0.3, 0.4) is 0 Å². The molecule has 1 atom stereocenters. The van der Waals surface area contributed by atoms with Crippen LogP contribution >= 0.6 is 24.4 Å². The van der Waals surface area contributed by atoms with Gasteiger partial charge in [-0.1, -0.05) is 0 Å². The topological polar surface area (TPSA) is 118 Å². The van der Waals surface area contributed by atoms with Crippen LogP contribution in [-0.2, 0) is 0 Å². The SMILES string of the molecule is CCNC(=S)N/N=C(/C(C)=N/NC(=S)NCC)c1ccc(C(C)NCCO)o1. The number of aliphatic hydroxyl groups excluding tert-OH is 1. The first-order valence-corrected chi connectivity index (χ1v) is 9.88. The van der Waals surface area contributed by atoms with E-state index >= 15 is 0 Å². The quantitative estimate of drug-likeness (QED) is 0.184. The molecule has 6 N–H and O–H groups in total. The summed E-state index contributed by atoms with van der Waals surface area (Å²) in [6, 6.07) is 3.60. The predicted molar refractivity (Wildman–Crippen MR) is 121 cm³/mol. The summed E-state index contributed by atoms with van der Waals surface area (Å²) in [6.45, 7) is 9.53. The highest BCUT2D eigenvalue weighted by Gasteiger charge is 2.16. The Morgan fingerprint density at radius 2 is 1.71 bits per heavy atom. The third-order valence-corrected chi connectivity index (χ3v) is 3.93. The number of hydrazone groups is 2. The van der Waals surface area contributed by atoms with E-state index < -0.39 is 0 Å². The summed E-state index contributed by atoms with van der Waals surface area (Å²) in [7, 11) is 0. The lowest BCUT2D eigenvalue weighted by Crippen LogP contribution is -2.34. The molecule has 1 rings (SSSR count). The first-order valence-electron chi connectivity index (χ1n) is 9.07. The van der Waals surface area contributed by atoms with Crippen molar-refractivity contribution >= 4 is 46.1 Å². The molecule has 156 valence electrons. The van der Waals surface area contributed by atoms with Crippen molar-refractivity contribution < 1.29 is 9.52 Å². The highest BCUT2D eigenvalue weighted by atomic mass is 32.1. The van der Waals surface area contributed by atoms with Gasteiger partial charge in [0.15, 0.2) is 16.0 Å². The van der Waals surface area contributed by atoms with Crippen molar-refractivity contribution in [1.29, 1.82) is 0 Å². The summed E-state index contributed by atoms with van der Waals surface area (Å²) >= 11 is 10.3. The molecule has 1 aromatic heterocycles. The predicted octanol–water partition coefficient (Wildman–Crippen LogP) is 0.971. The van der Waals surface area contributed by atoms with Crippen molar-refractivity contribution in [2.45, 2.75) is 33.7 Å². The zero-order valence-electron chi connectivity index (χ0n) is 16.6. The van der Waals surface area contributed by atoms with Gasteiger partial charge in [0.25, 0.3) is 0 Å².